The van der Waals surface area contributed by atoms with Gasteiger partial charge in [0.2, 0.25) is 0 Å². The van der Waals surface area contributed by atoms with Gasteiger partial charge < -0.3 is 5.32 Å². The highest BCUT2D eigenvalue weighted by atomic mass is 127. The number of rotatable bonds is 6. The summed E-state index contributed by atoms with van der Waals surface area (Å²) in [5.41, 5.74) is 3.76. The highest BCUT2D eigenvalue weighted by Crippen LogP contribution is 2.29. The Morgan fingerprint density at radius 2 is 2.25 bits per heavy atom. The molecule has 0 aliphatic heterocycles. The van der Waals surface area contributed by atoms with Gasteiger partial charge in [0, 0.05) is 19.5 Å². The number of likely N-dealkylation sites (N-methyl/N-ethyl adjacent to an activating group) is 1. The molecule has 2 aromatic rings. The van der Waals surface area contributed by atoms with E-state index in [4.69, 9.17) is 0 Å². The summed E-state index contributed by atoms with van der Waals surface area (Å²) in [6, 6.07) is 2.61. The molecule has 1 unspecified atom stereocenters. The quantitative estimate of drug-likeness (QED) is 0.641. The fourth-order valence-electron chi connectivity index (χ4n) is 2.30. The fourth-order valence-corrected chi connectivity index (χ4v) is 4.50. The maximum absolute atomic E-state index is 4.58. The number of nitrogens with one attached hydrogen (secondary N) is 1. The lowest BCUT2D eigenvalue weighted by Gasteiger charge is -2.17. The Balaban J connectivity index is 2.26. The van der Waals surface area contributed by atoms with Crippen LogP contribution in [0, 0.1) is 2.88 Å². The van der Waals surface area contributed by atoms with Gasteiger partial charge in [0.1, 0.15) is 0 Å². The van der Waals surface area contributed by atoms with E-state index in [0.717, 1.165) is 29.6 Å². The van der Waals surface area contributed by atoms with Crippen LogP contribution in [0.5, 0.6) is 0 Å². The predicted octanol–water partition coefficient (Wildman–Crippen LogP) is 4.30. The number of aromatic nitrogens is 2. The first-order valence-corrected chi connectivity index (χ1v) is 9.49. The monoisotopic (exact) mass is 467 g/mol. The van der Waals surface area contributed by atoms with Gasteiger partial charge in [0.15, 0.2) is 0 Å². The van der Waals surface area contributed by atoms with Crippen molar-refractivity contribution in [2.24, 2.45) is 7.05 Å². The van der Waals surface area contributed by atoms with Crippen LogP contribution in [0.2, 0.25) is 0 Å². The Morgan fingerprint density at radius 3 is 2.75 bits per heavy atom. The van der Waals surface area contributed by atoms with Crippen LogP contribution in [0.3, 0.4) is 0 Å². The smallest absolute Gasteiger partial charge is 0.0766 e. The van der Waals surface area contributed by atoms with Crippen LogP contribution in [-0.2, 0) is 19.9 Å². The molecule has 110 valence electrons. The van der Waals surface area contributed by atoms with Crippen molar-refractivity contribution in [3.63, 3.8) is 0 Å². The van der Waals surface area contributed by atoms with Crippen molar-refractivity contribution in [1.82, 2.24) is 15.1 Å². The Hall–Kier alpha value is 0.0800. The average molecular weight is 468 g/mol. The van der Waals surface area contributed by atoms with Gasteiger partial charge in [-0.15, -0.1) is 11.3 Å². The second-order valence-electron chi connectivity index (χ2n) is 4.68. The van der Waals surface area contributed by atoms with E-state index in [-0.39, 0.29) is 0 Å². The van der Waals surface area contributed by atoms with E-state index >= 15 is 0 Å². The average Bonchev–Trinajstić information content (AvgIpc) is 2.96. The van der Waals surface area contributed by atoms with Gasteiger partial charge in [0.05, 0.1) is 18.7 Å². The first-order valence-electron chi connectivity index (χ1n) is 6.74. The molecule has 3 nitrogen and oxygen atoms in total. The third-order valence-electron chi connectivity index (χ3n) is 3.34. The molecule has 0 aliphatic carbocycles. The molecule has 2 rings (SSSR count). The van der Waals surface area contributed by atoms with Crippen molar-refractivity contribution in [2.45, 2.75) is 32.7 Å². The second kappa shape index (κ2) is 7.38. The molecule has 0 radical (unpaired) electrons. The van der Waals surface area contributed by atoms with Gasteiger partial charge in [-0.05, 0) is 68.5 Å². The topological polar surface area (TPSA) is 29.9 Å². The van der Waals surface area contributed by atoms with Crippen molar-refractivity contribution in [1.29, 1.82) is 0 Å². The number of thiophene rings is 1. The Kier molecular flexibility index (Phi) is 6.07. The molecule has 0 amide bonds. The predicted molar refractivity (Wildman–Crippen MR) is 97.4 cm³/mol. The Labute approximate surface area is 146 Å². The molecule has 2 heterocycles. The van der Waals surface area contributed by atoms with E-state index in [9.17, 15) is 0 Å². The standard InChI is InChI=1S/C14H19BrIN3S/c1-4-10-14(15)12(19(3)18-10)7-11(17-5-2)9-6-13(16)20-8-9/h6,8,11,17H,4-5,7H2,1-3H3. The third-order valence-corrected chi connectivity index (χ3v) is 6.06. The van der Waals surface area contributed by atoms with Crippen molar-refractivity contribution in [3.8, 4) is 0 Å². The van der Waals surface area contributed by atoms with Crippen LogP contribution in [0.1, 0.15) is 36.8 Å². The molecule has 6 heteroatoms. The zero-order chi connectivity index (χ0) is 14.7. The van der Waals surface area contributed by atoms with Crippen LogP contribution in [-0.4, -0.2) is 16.3 Å². The summed E-state index contributed by atoms with van der Waals surface area (Å²) >= 11 is 7.89. The van der Waals surface area contributed by atoms with E-state index in [2.05, 4.69) is 74.2 Å². The molecule has 0 spiro atoms. The lowest BCUT2D eigenvalue weighted by Crippen LogP contribution is -2.23. The van der Waals surface area contributed by atoms with Crippen LogP contribution < -0.4 is 5.32 Å². The number of halogens is 2. The Bertz CT molecular complexity index is 579. The first kappa shape index (κ1) is 16.5. The van der Waals surface area contributed by atoms with Crippen LogP contribution >= 0.6 is 49.9 Å². The molecule has 0 bridgehead atoms. The molecule has 1 atom stereocenters. The molecule has 0 aliphatic rings. The lowest BCUT2D eigenvalue weighted by molar-refractivity contribution is 0.529. The number of hydrogen-bond acceptors (Lipinski definition) is 3. The summed E-state index contributed by atoms with van der Waals surface area (Å²) in [5.74, 6) is 0. The highest BCUT2D eigenvalue weighted by molar-refractivity contribution is 14.1. The summed E-state index contributed by atoms with van der Waals surface area (Å²) in [6.45, 7) is 5.26. The normalized spacial score (nSPS) is 12.8. The minimum absolute atomic E-state index is 0.344. The first-order chi connectivity index (χ1) is 9.56. The molecule has 20 heavy (non-hydrogen) atoms. The summed E-state index contributed by atoms with van der Waals surface area (Å²) in [5, 5.41) is 10.4. The second-order valence-corrected chi connectivity index (χ2v) is 8.28. The summed E-state index contributed by atoms with van der Waals surface area (Å²) in [6.07, 6.45) is 1.90. The van der Waals surface area contributed by atoms with Crippen LogP contribution in [0.4, 0.5) is 0 Å². The van der Waals surface area contributed by atoms with Crippen molar-refractivity contribution < 1.29 is 0 Å². The zero-order valence-corrected chi connectivity index (χ0v) is 16.5. The fraction of sp³-hybridized carbons (Fsp3) is 0.500. The zero-order valence-electron chi connectivity index (χ0n) is 11.9. The minimum atomic E-state index is 0.344. The lowest BCUT2D eigenvalue weighted by atomic mass is 10.0. The maximum atomic E-state index is 4.58. The summed E-state index contributed by atoms with van der Waals surface area (Å²) in [7, 11) is 2.03. The number of hydrogen-bond donors (Lipinski definition) is 1. The van der Waals surface area contributed by atoms with Crippen molar-refractivity contribution in [2.75, 3.05) is 6.54 Å². The van der Waals surface area contributed by atoms with Crippen molar-refractivity contribution in [3.05, 3.63) is 35.8 Å². The van der Waals surface area contributed by atoms with E-state index in [1.165, 1.54) is 14.1 Å². The highest BCUT2D eigenvalue weighted by Gasteiger charge is 2.19. The molecule has 0 saturated heterocycles. The van der Waals surface area contributed by atoms with E-state index in [1.807, 2.05) is 11.7 Å². The summed E-state index contributed by atoms with van der Waals surface area (Å²) < 4.78 is 4.50. The maximum Gasteiger partial charge on any atom is 0.0766 e. The molecule has 0 aromatic carbocycles. The number of aryl methyl sites for hydroxylation is 2. The van der Waals surface area contributed by atoms with E-state index in [0.29, 0.717) is 6.04 Å². The Morgan fingerprint density at radius 1 is 1.50 bits per heavy atom. The molecule has 0 fully saturated rings. The molecular weight excluding hydrogens is 449 g/mol. The molecule has 0 saturated carbocycles. The van der Waals surface area contributed by atoms with E-state index < -0.39 is 0 Å². The molecular formula is C14H19BrIN3S. The van der Waals surface area contributed by atoms with Crippen LogP contribution in [0.25, 0.3) is 0 Å². The van der Waals surface area contributed by atoms with Gasteiger partial charge >= 0.3 is 0 Å². The molecule has 1 N–H and O–H groups in total. The van der Waals surface area contributed by atoms with Gasteiger partial charge in [-0.3, -0.25) is 4.68 Å². The largest absolute Gasteiger partial charge is 0.310 e. The van der Waals surface area contributed by atoms with E-state index in [1.54, 1.807) is 11.3 Å². The van der Waals surface area contributed by atoms with Gasteiger partial charge in [0.25, 0.3) is 0 Å². The third kappa shape index (κ3) is 3.64. The van der Waals surface area contributed by atoms with Gasteiger partial charge in [-0.2, -0.15) is 5.10 Å². The van der Waals surface area contributed by atoms with Gasteiger partial charge in [-0.25, -0.2) is 0 Å². The summed E-state index contributed by atoms with van der Waals surface area (Å²) in [4.78, 5) is 0. The van der Waals surface area contributed by atoms with Crippen LogP contribution in [0.15, 0.2) is 15.9 Å². The molecule has 2 aromatic heterocycles. The number of nitrogens with zero attached hydrogens (tertiary/aromatic N) is 2. The van der Waals surface area contributed by atoms with Gasteiger partial charge in [-0.1, -0.05) is 13.8 Å². The minimum Gasteiger partial charge on any atom is -0.310 e. The SMILES string of the molecule is CCNC(Cc1c(Br)c(CC)nn1C)c1csc(I)c1. The van der Waals surface area contributed by atoms with Crippen molar-refractivity contribution >= 4 is 49.9 Å².